The Kier molecular flexibility index (Phi) is 6.53. The van der Waals surface area contributed by atoms with Gasteiger partial charge < -0.3 is 22.0 Å². The Hall–Kier alpha value is -4.13. The van der Waals surface area contributed by atoms with Crippen LogP contribution in [0.25, 0.3) is 10.9 Å². The summed E-state index contributed by atoms with van der Waals surface area (Å²) in [5.41, 5.74) is 15.7. The van der Waals surface area contributed by atoms with E-state index in [1.807, 2.05) is 0 Å². The molecule has 1 amide bonds. The molecule has 13 heteroatoms. The van der Waals surface area contributed by atoms with Crippen molar-refractivity contribution in [3.63, 3.8) is 0 Å². The van der Waals surface area contributed by atoms with Gasteiger partial charge in [-0.3, -0.25) is 23.9 Å². The molecule has 0 bridgehead atoms. The lowest BCUT2D eigenvalue weighted by Gasteiger charge is -2.24. The van der Waals surface area contributed by atoms with Crippen LogP contribution in [-0.2, 0) is 19.7 Å². The average molecular weight is 474 g/mol. The fraction of sp³-hybridized carbons (Fsp3) is 0.200. The van der Waals surface area contributed by atoms with Crippen molar-refractivity contribution in [3.05, 3.63) is 64.7 Å². The van der Waals surface area contributed by atoms with Gasteiger partial charge in [-0.1, -0.05) is 6.07 Å². The third-order valence-electron chi connectivity index (χ3n) is 4.80. The highest BCUT2D eigenvalue weighted by Gasteiger charge is 2.30. The molecule has 2 aromatic heterocycles. The number of sulfonamides is 1. The standard InChI is InChI=1S/C20H23N7O5S/c1-11-8-9-15(19(29)27(11)17(18(21)28)12(2)32-25-20(22)23)26-33(30,31)16-7-3-6-14-13(16)5-4-10-24-14/h3-10,12,17,26H,1-2H3,(H2,21,28)(H4,22,23,25). The Morgan fingerprint density at radius 1 is 1.15 bits per heavy atom. The Bertz CT molecular complexity index is 1390. The van der Waals surface area contributed by atoms with E-state index in [1.165, 1.54) is 25.1 Å². The Labute approximate surface area is 189 Å². The van der Waals surface area contributed by atoms with E-state index >= 15 is 0 Å². The lowest BCUT2D eigenvalue weighted by Crippen LogP contribution is -2.42. The lowest BCUT2D eigenvalue weighted by molar-refractivity contribution is -0.125. The van der Waals surface area contributed by atoms with Crippen molar-refractivity contribution < 1.29 is 18.0 Å². The topological polar surface area (TPSA) is 198 Å². The molecule has 174 valence electrons. The van der Waals surface area contributed by atoms with Crippen molar-refractivity contribution in [1.29, 1.82) is 0 Å². The second kappa shape index (κ2) is 9.16. The summed E-state index contributed by atoms with van der Waals surface area (Å²) in [6, 6.07) is 9.27. The highest BCUT2D eigenvalue weighted by atomic mass is 32.2. The number of rotatable bonds is 8. The molecule has 1 aromatic carbocycles. The minimum Gasteiger partial charge on any atom is -0.387 e. The largest absolute Gasteiger partial charge is 0.387 e. The number of carbonyl (C=O) groups excluding carboxylic acids is 1. The third kappa shape index (κ3) is 4.87. The van der Waals surface area contributed by atoms with Crippen molar-refractivity contribution in [3.8, 4) is 0 Å². The number of nitrogens with zero attached hydrogens (tertiary/aromatic N) is 3. The highest BCUT2D eigenvalue weighted by Crippen LogP contribution is 2.24. The van der Waals surface area contributed by atoms with E-state index in [2.05, 4.69) is 14.9 Å². The number of primary amides is 1. The molecule has 3 aromatic rings. The third-order valence-corrected chi connectivity index (χ3v) is 6.22. The summed E-state index contributed by atoms with van der Waals surface area (Å²) in [5, 5.41) is 3.78. The molecule has 0 saturated heterocycles. The van der Waals surface area contributed by atoms with E-state index < -0.39 is 33.6 Å². The molecule has 0 aliphatic heterocycles. The van der Waals surface area contributed by atoms with Crippen molar-refractivity contribution >= 4 is 38.5 Å². The van der Waals surface area contributed by atoms with Gasteiger partial charge in [0.1, 0.15) is 5.69 Å². The summed E-state index contributed by atoms with van der Waals surface area (Å²) < 4.78 is 29.6. The molecular formula is C20H23N7O5S. The molecule has 0 aliphatic rings. The number of hydrogen-bond donors (Lipinski definition) is 4. The SMILES string of the molecule is Cc1ccc(NS(=O)(=O)c2cccc3ncccc23)c(=O)n1C(C(N)=O)C(C)ON=C(N)N. The van der Waals surface area contributed by atoms with Crippen molar-refractivity contribution in [2.24, 2.45) is 22.4 Å². The summed E-state index contributed by atoms with van der Waals surface area (Å²) in [7, 11) is -4.19. The number of pyridine rings is 2. The molecule has 0 radical (unpaired) electrons. The van der Waals surface area contributed by atoms with Gasteiger partial charge in [0.15, 0.2) is 12.1 Å². The Morgan fingerprint density at radius 3 is 2.55 bits per heavy atom. The van der Waals surface area contributed by atoms with E-state index in [-0.39, 0.29) is 16.5 Å². The molecule has 7 N–H and O–H groups in total. The van der Waals surface area contributed by atoms with Crippen molar-refractivity contribution in [2.75, 3.05) is 4.72 Å². The highest BCUT2D eigenvalue weighted by molar-refractivity contribution is 7.93. The number of oxime groups is 1. The zero-order chi connectivity index (χ0) is 24.3. The van der Waals surface area contributed by atoms with Gasteiger partial charge in [0.05, 0.1) is 10.4 Å². The van der Waals surface area contributed by atoms with Gasteiger partial charge in [-0.05, 0) is 55.4 Å². The number of nitrogens with two attached hydrogens (primary N) is 3. The molecule has 0 saturated carbocycles. The van der Waals surface area contributed by atoms with Gasteiger partial charge in [0, 0.05) is 17.3 Å². The van der Waals surface area contributed by atoms with Crippen LogP contribution in [0.5, 0.6) is 0 Å². The van der Waals surface area contributed by atoms with Gasteiger partial charge in [-0.2, -0.15) is 0 Å². The quantitative estimate of drug-likeness (QED) is 0.201. The first-order valence-corrected chi connectivity index (χ1v) is 11.1. The average Bonchev–Trinajstić information content (AvgIpc) is 2.76. The number of aryl methyl sites for hydroxylation is 1. The number of nitrogens with one attached hydrogen (secondary N) is 1. The fourth-order valence-corrected chi connectivity index (χ4v) is 4.62. The van der Waals surface area contributed by atoms with Crippen LogP contribution in [0.2, 0.25) is 0 Å². The van der Waals surface area contributed by atoms with Crippen LogP contribution in [-0.4, -0.2) is 35.9 Å². The van der Waals surface area contributed by atoms with Gasteiger partial charge in [-0.15, -0.1) is 0 Å². The normalized spacial score (nSPS) is 13.2. The number of guanidine groups is 1. The number of anilines is 1. The van der Waals surface area contributed by atoms with Gasteiger partial charge in [-0.25, -0.2) is 8.42 Å². The second-order valence-electron chi connectivity index (χ2n) is 7.17. The fourth-order valence-electron chi connectivity index (χ4n) is 3.35. The lowest BCUT2D eigenvalue weighted by atomic mass is 10.1. The van der Waals surface area contributed by atoms with Crippen LogP contribution in [0.15, 0.2) is 63.5 Å². The van der Waals surface area contributed by atoms with E-state index in [0.717, 1.165) is 4.57 Å². The number of hydrogen-bond acceptors (Lipinski definition) is 7. The van der Waals surface area contributed by atoms with Crippen LogP contribution in [0.3, 0.4) is 0 Å². The van der Waals surface area contributed by atoms with Crippen LogP contribution < -0.4 is 27.5 Å². The number of aromatic nitrogens is 2. The minimum absolute atomic E-state index is 0.0597. The molecule has 12 nitrogen and oxygen atoms in total. The van der Waals surface area contributed by atoms with Crippen LogP contribution in [0, 0.1) is 6.92 Å². The van der Waals surface area contributed by atoms with E-state index in [1.54, 1.807) is 37.4 Å². The van der Waals surface area contributed by atoms with Gasteiger partial charge in [0.25, 0.3) is 15.6 Å². The summed E-state index contributed by atoms with van der Waals surface area (Å²) in [6.45, 7) is 2.99. The molecule has 0 spiro atoms. The summed E-state index contributed by atoms with van der Waals surface area (Å²) in [5.74, 6) is -1.29. The second-order valence-corrected chi connectivity index (χ2v) is 8.82. The molecular weight excluding hydrogens is 450 g/mol. The van der Waals surface area contributed by atoms with E-state index in [9.17, 15) is 18.0 Å². The molecule has 0 fully saturated rings. The smallest absolute Gasteiger partial charge is 0.275 e. The molecule has 2 unspecified atom stereocenters. The maximum Gasteiger partial charge on any atom is 0.275 e. The molecule has 2 heterocycles. The molecule has 2 atom stereocenters. The van der Waals surface area contributed by atoms with Crippen LogP contribution in [0.4, 0.5) is 5.69 Å². The number of fused-ring (bicyclic) bond motifs is 1. The number of amides is 1. The molecule has 3 rings (SSSR count). The van der Waals surface area contributed by atoms with Crippen molar-refractivity contribution in [2.45, 2.75) is 30.9 Å². The predicted octanol–water partition coefficient (Wildman–Crippen LogP) is 0.126. The van der Waals surface area contributed by atoms with Gasteiger partial charge in [0.2, 0.25) is 11.9 Å². The molecule has 0 aliphatic carbocycles. The monoisotopic (exact) mass is 473 g/mol. The Morgan fingerprint density at radius 2 is 1.88 bits per heavy atom. The minimum atomic E-state index is -4.19. The summed E-state index contributed by atoms with van der Waals surface area (Å²) in [6.07, 6.45) is 0.498. The van der Waals surface area contributed by atoms with Gasteiger partial charge >= 0.3 is 0 Å². The number of carbonyl (C=O) groups is 1. The summed E-state index contributed by atoms with van der Waals surface area (Å²) in [4.78, 5) is 34.6. The maximum absolute atomic E-state index is 13.2. The zero-order valence-corrected chi connectivity index (χ0v) is 18.6. The van der Waals surface area contributed by atoms with Crippen LogP contribution >= 0.6 is 0 Å². The predicted molar refractivity (Wildman–Crippen MR) is 123 cm³/mol. The summed E-state index contributed by atoms with van der Waals surface area (Å²) >= 11 is 0. The first kappa shape index (κ1) is 23.5. The zero-order valence-electron chi connectivity index (χ0n) is 17.8. The van der Waals surface area contributed by atoms with E-state index in [0.29, 0.717) is 16.6 Å². The number of benzene rings is 1. The first-order chi connectivity index (χ1) is 15.5. The van der Waals surface area contributed by atoms with Crippen LogP contribution in [0.1, 0.15) is 18.7 Å². The first-order valence-electron chi connectivity index (χ1n) is 9.65. The van der Waals surface area contributed by atoms with E-state index in [4.69, 9.17) is 22.0 Å². The molecule has 33 heavy (non-hydrogen) atoms. The maximum atomic E-state index is 13.2. The van der Waals surface area contributed by atoms with Crippen molar-refractivity contribution in [1.82, 2.24) is 9.55 Å². The Balaban J connectivity index is 2.07.